The van der Waals surface area contributed by atoms with E-state index >= 15 is 0 Å². The Morgan fingerprint density at radius 2 is 1.79 bits per heavy atom. The maximum absolute atomic E-state index is 12.6. The van der Waals surface area contributed by atoms with E-state index in [0.29, 0.717) is 39.8 Å². The van der Waals surface area contributed by atoms with Crippen molar-refractivity contribution in [3.63, 3.8) is 0 Å². The van der Waals surface area contributed by atoms with Gasteiger partial charge in [0.1, 0.15) is 5.76 Å². The van der Waals surface area contributed by atoms with Gasteiger partial charge in [-0.15, -0.1) is 0 Å². The first-order chi connectivity index (χ1) is 16.4. The average molecular weight is 473 g/mol. The molecule has 1 aliphatic heterocycles. The summed E-state index contributed by atoms with van der Waals surface area (Å²) in [6.07, 6.45) is 2.30. The molecule has 4 aromatic rings. The van der Waals surface area contributed by atoms with Crippen LogP contribution in [0, 0.1) is 6.92 Å². The minimum absolute atomic E-state index is 0.0922. The van der Waals surface area contributed by atoms with Crippen molar-refractivity contribution in [3.8, 4) is 33.8 Å². The number of para-hydroxylation sites is 1. The molecule has 7 heteroatoms. The van der Waals surface area contributed by atoms with E-state index < -0.39 is 0 Å². The number of fused-ring (bicyclic) bond motifs is 1. The molecule has 0 saturated heterocycles. The first-order valence-electron chi connectivity index (χ1n) is 10.7. The largest absolute Gasteiger partial charge is 0.504 e. The van der Waals surface area contributed by atoms with Gasteiger partial charge in [0.15, 0.2) is 11.5 Å². The Kier molecular flexibility index (Phi) is 5.59. The van der Waals surface area contributed by atoms with Crippen molar-refractivity contribution >= 4 is 28.8 Å². The molecule has 0 radical (unpaired) electrons. The normalized spacial score (nSPS) is 13.7. The highest BCUT2D eigenvalue weighted by Gasteiger charge is 2.26. The van der Waals surface area contributed by atoms with Crippen molar-refractivity contribution in [1.29, 1.82) is 0 Å². The molecule has 6 nitrogen and oxygen atoms in total. The standard InChI is InChI=1S/C27H21ClN2O4/c1-15-12-18(34-30-15)10-11-20-22-13-21(23(28)14-24(22)29-27(20)32)17-8-6-16(7-9-17)19-4-3-5-25(33-2)26(19)31/h3-9,11-14,31H,10H2,1-2H3,(H,29,32)/b20-11-. The van der Waals surface area contributed by atoms with Crippen LogP contribution in [0.1, 0.15) is 17.0 Å². The van der Waals surface area contributed by atoms with E-state index in [4.69, 9.17) is 20.9 Å². The van der Waals surface area contributed by atoms with Crippen LogP contribution < -0.4 is 10.1 Å². The molecule has 1 aliphatic rings. The third-order valence-electron chi connectivity index (χ3n) is 5.80. The number of hydrogen-bond acceptors (Lipinski definition) is 5. The minimum atomic E-state index is -0.177. The number of carbonyl (C=O) groups excluding carboxylic acids is 1. The number of hydrogen-bond donors (Lipinski definition) is 2. The summed E-state index contributed by atoms with van der Waals surface area (Å²) in [5.41, 5.74) is 6.05. The Morgan fingerprint density at radius 3 is 2.47 bits per heavy atom. The topological polar surface area (TPSA) is 84.6 Å². The first-order valence-corrected chi connectivity index (χ1v) is 11.1. The van der Waals surface area contributed by atoms with Crippen LogP contribution in [0.2, 0.25) is 5.02 Å². The van der Waals surface area contributed by atoms with Gasteiger partial charge in [-0.3, -0.25) is 4.79 Å². The zero-order valence-corrected chi connectivity index (χ0v) is 19.3. The number of anilines is 1. The van der Waals surface area contributed by atoms with E-state index in [-0.39, 0.29) is 11.7 Å². The third kappa shape index (κ3) is 3.93. The van der Waals surface area contributed by atoms with Crippen LogP contribution in [-0.4, -0.2) is 23.3 Å². The monoisotopic (exact) mass is 472 g/mol. The molecule has 0 aliphatic carbocycles. The lowest BCUT2D eigenvalue weighted by molar-refractivity contribution is -0.110. The van der Waals surface area contributed by atoms with E-state index in [1.165, 1.54) is 7.11 Å². The molecule has 0 atom stereocenters. The molecule has 5 rings (SSSR count). The highest BCUT2D eigenvalue weighted by atomic mass is 35.5. The summed E-state index contributed by atoms with van der Waals surface area (Å²) in [6.45, 7) is 1.85. The summed E-state index contributed by atoms with van der Waals surface area (Å²) in [5.74, 6) is 1.02. The summed E-state index contributed by atoms with van der Waals surface area (Å²) in [6, 6.07) is 18.6. The number of aryl methyl sites for hydroxylation is 1. The minimum Gasteiger partial charge on any atom is -0.504 e. The molecule has 0 spiro atoms. The van der Waals surface area contributed by atoms with Gasteiger partial charge in [0.05, 0.1) is 23.5 Å². The van der Waals surface area contributed by atoms with Crippen LogP contribution in [0.25, 0.3) is 27.8 Å². The highest BCUT2D eigenvalue weighted by molar-refractivity contribution is 6.36. The van der Waals surface area contributed by atoms with Gasteiger partial charge >= 0.3 is 0 Å². The number of nitrogens with one attached hydrogen (secondary N) is 1. The number of allylic oxidation sites excluding steroid dienone is 1. The third-order valence-corrected chi connectivity index (χ3v) is 6.11. The fourth-order valence-corrected chi connectivity index (χ4v) is 4.37. The van der Waals surface area contributed by atoms with Crippen molar-refractivity contribution in [2.24, 2.45) is 0 Å². The van der Waals surface area contributed by atoms with Gasteiger partial charge in [-0.25, -0.2) is 0 Å². The van der Waals surface area contributed by atoms with Crippen molar-refractivity contribution in [2.45, 2.75) is 13.3 Å². The summed E-state index contributed by atoms with van der Waals surface area (Å²) in [7, 11) is 1.52. The summed E-state index contributed by atoms with van der Waals surface area (Å²) >= 11 is 6.58. The van der Waals surface area contributed by atoms with Gasteiger partial charge < -0.3 is 19.7 Å². The lowest BCUT2D eigenvalue weighted by atomic mass is 9.96. The number of carbonyl (C=O) groups is 1. The fourth-order valence-electron chi connectivity index (χ4n) is 4.10. The van der Waals surface area contributed by atoms with E-state index in [0.717, 1.165) is 27.9 Å². The van der Waals surface area contributed by atoms with Gasteiger partial charge in [-0.05, 0) is 36.2 Å². The van der Waals surface area contributed by atoms with Crippen molar-refractivity contribution < 1.29 is 19.2 Å². The molecule has 1 amide bonds. The Morgan fingerprint density at radius 1 is 1.06 bits per heavy atom. The van der Waals surface area contributed by atoms with Crippen LogP contribution >= 0.6 is 11.6 Å². The van der Waals surface area contributed by atoms with Gasteiger partial charge in [0, 0.05) is 34.8 Å². The summed E-state index contributed by atoms with van der Waals surface area (Å²) < 4.78 is 10.5. The highest BCUT2D eigenvalue weighted by Crippen LogP contribution is 2.41. The Labute approximate surface area is 201 Å². The van der Waals surface area contributed by atoms with Gasteiger partial charge in [-0.2, -0.15) is 0 Å². The number of aromatic nitrogens is 1. The molecular formula is C27H21ClN2O4. The van der Waals surface area contributed by atoms with Crippen molar-refractivity contribution in [1.82, 2.24) is 5.16 Å². The molecule has 2 heterocycles. The second-order valence-corrected chi connectivity index (χ2v) is 8.43. The molecule has 2 N–H and O–H groups in total. The van der Waals surface area contributed by atoms with Crippen LogP contribution in [0.15, 0.2) is 71.3 Å². The zero-order chi connectivity index (χ0) is 23.8. The van der Waals surface area contributed by atoms with Crippen LogP contribution in [-0.2, 0) is 11.2 Å². The van der Waals surface area contributed by atoms with E-state index in [1.54, 1.807) is 12.1 Å². The number of methoxy groups -OCH3 is 1. The Hall–Kier alpha value is -4.03. The number of nitrogens with zero attached hydrogens (tertiary/aromatic N) is 1. The van der Waals surface area contributed by atoms with Gasteiger partial charge in [0.2, 0.25) is 0 Å². The predicted octanol–water partition coefficient (Wildman–Crippen LogP) is 6.26. The van der Waals surface area contributed by atoms with Crippen molar-refractivity contribution in [2.75, 3.05) is 12.4 Å². The molecule has 170 valence electrons. The number of rotatable bonds is 5. The molecule has 0 unspecified atom stereocenters. The number of phenols is 1. The molecule has 3 aromatic carbocycles. The zero-order valence-electron chi connectivity index (χ0n) is 18.6. The van der Waals surface area contributed by atoms with Gasteiger partial charge in [0.25, 0.3) is 5.91 Å². The van der Waals surface area contributed by atoms with E-state index in [1.807, 2.05) is 61.5 Å². The molecular weight excluding hydrogens is 452 g/mol. The Bertz CT molecular complexity index is 1440. The fraction of sp³-hybridized carbons (Fsp3) is 0.111. The maximum Gasteiger partial charge on any atom is 0.256 e. The first kappa shape index (κ1) is 21.8. The molecule has 0 bridgehead atoms. The summed E-state index contributed by atoms with van der Waals surface area (Å²) in [5, 5.41) is 17.8. The van der Waals surface area contributed by atoms with E-state index in [2.05, 4.69) is 10.5 Å². The molecule has 0 saturated carbocycles. The molecule has 34 heavy (non-hydrogen) atoms. The molecule has 1 aromatic heterocycles. The number of ether oxygens (including phenoxy) is 1. The van der Waals surface area contributed by atoms with Gasteiger partial charge in [-0.1, -0.05) is 59.2 Å². The smallest absolute Gasteiger partial charge is 0.256 e. The number of phenolic OH excluding ortho intramolecular Hbond substituents is 1. The lowest BCUT2D eigenvalue weighted by Gasteiger charge is -2.11. The quantitative estimate of drug-likeness (QED) is 0.335. The molecule has 0 fully saturated rings. The maximum atomic E-state index is 12.6. The number of benzene rings is 3. The van der Waals surface area contributed by atoms with Crippen LogP contribution in [0.4, 0.5) is 5.69 Å². The van der Waals surface area contributed by atoms with Crippen molar-refractivity contribution in [3.05, 3.63) is 88.8 Å². The second kappa shape index (κ2) is 8.72. The van der Waals surface area contributed by atoms with Crippen LogP contribution in [0.5, 0.6) is 11.5 Å². The van der Waals surface area contributed by atoms with Crippen LogP contribution in [0.3, 0.4) is 0 Å². The Balaban J connectivity index is 1.49. The number of amides is 1. The second-order valence-electron chi connectivity index (χ2n) is 8.02. The van der Waals surface area contributed by atoms with E-state index in [9.17, 15) is 9.90 Å². The average Bonchev–Trinajstić information content (AvgIpc) is 3.38. The number of aromatic hydroxyl groups is 1. The summed E-state index contributed by atoms with van der Waals surface area (Å²) in [4.78, 5) is 12.6. The lowest BCUT2D eigenvalue weighted by Crippen LogP contribution is -2.03. The SMILES string of the molecule is COc1cccc(-c2ccc(-c3cc4c(cc3Cl)NC(=O)/C4=C\Cc3cc(C)no3)cc2)c1O. The number of halogens is 1. The predicted molar refractivity (Wildman–Crippen MR) is 132 cm³/mol.